The van der Waals surface area contributed by atoms with Crippen LogP contribution in [0.25, 0.3) is 0 Å². The average molecular weight is 368 g/mol. The summed E-state index contributed by atoms with van der Waals surface area (Å²) in [7, 11) is 0. The second-order valence-corrected chi connectivity index (χ2v) is 5.74. The Balaban J connectivity index is 1.78. The molecule has 140 valence electrons. The minimum Gasteiger partial charge on any atom is -0.482 e. The van der Waals surface area contributed by atoms with E-state index in [0.717, 1.165) is 5.56 Å². The number of rotatable bonds is 9. The minimum atomic E-state index is -1.03. The number of benzene rings is 2. The van der Waals surface area contributed by atoms with E-state index in [-0.39, 0.29) is 12.5 Å². The SMILES string of the molecule is CC(Oc1ccccc1C#N)C(=O)NCCc1ccc(OCC(=O)O)cc1. The molecule has 0 fully saturated rings. The summed E-state index contributed by atoms with van der Waals surface area (Å²) < 4.78 is 10.6. The van der Waals surface area contributed by atoms with Crippen LogP contribution in [0.1, 0.15) is 18.1 Å². The van der Waals surface area contributed by atoms with Crippen LogP contribution in [0.4, 0.5) is 0 Å². The topological polar surface area (TPSA) is 109 Å². The molecule has 0 aliphatic rings. The number of nitrogens with zero attached hydrogens (tertiary/aromatic N) is 1. The normalized spacial score (nSPS) is 11.1. The zero-order valence-corrected chi connectivity index (χ0v) is 14.8. The van der Waals surface area contributed by atoms with E-state index < -0.39 is 12.1 Å². The third-order valence-electron chi connectivity index (χ3n) is 3.68. The molecule has 27 heavy (non-hydrogen) atoms. The van der Waals surface area contributed by atoms with E-state index in [4.69, 9.17) is 19.8 Å². The molecule has 0 radical (unpaired) electrons. The summed E-state index contributed by atoms with van der Waals surface area (Å²) in [5.41, 5.74) is 1.35. The van der Waals surface area contributed by atoms with Crippen LogP contribution in [0.2, 0.25) is 0 Å². The van der Waals surface area contributed by atoms with E-state index in [9.17, 15) is 9.59 Å². The monoisotopic (exact) mass is 368 g/mol. The summed E-state index contributed by atoms with van der Waals surface area (Å²) in [5, 5.41) is 20.4. The molecule has 2 aromatic rings. The molecule has 7 nitrogen and oxygen atoms in total. The maximum absolute atomic E-state index is 12.1. The number of carboxylic acid groups (broad SMARTS) is 1. The smallest absolute Gasteiger partial charge is 0.341 e. The van der Waals surface area contributed by atoms with Crippen molar-refractivity contribution in [3.05, 3.63) is 59.7 Å². The maximum Gasteiger partial charge on any atom is 0.341 e. The van der Waals surface area contributed by atoms with Gasteiger partial charge < -0.3 is 19.9 Å². The van der Waals surface area contributed by atoms with Crippen LogP contribution >= 0.6 is 0 Å². The summed E-state index contributed by atoms with van der Waals surface area (Å²) in [4.78, 5) is 22.6. The molecule has 0 aromatic heterocycles. The minimum absolute atomic E-state index is 0.274. The second kappa shape index (κ2) is 9.82. The molecule has 1 unspecified atom stereocenters. The van der Waals surface area contributed by atoms with E-state index >= 15 is 0 Å². The van der Waals surface area contributed by atoms with Crippen molar-refractivity contribution in [2.45, 2.75) is 19.4 Å². The Labute approximate surface area is 157 Å². The van der Waals surface area contributed by atoms with Gasteiger partial charge in [0, 0.05) is 6.54 Å². The van der Waals surface area contributed by atoms with Gasteiger partial charge in [-0.1, -0.05) is 24.3 Å². The quantitative estimate of drug-likeness (QED) is 0.702. The predicted octanol–water partition coefficient (Wildman–Crippen LogP) is 2.15. The Bertz CT molecular complexity index is 827. The van der Waals surface area contributed by atoms with Gasteiger partial charge in [0.2, 0.25) is 0 Å². The van der Waals surface area contributed by atoms with Gasteiger partial charge in [0.1, 0.15) is 17.6 Å². The number of nitriles is 1. The summed E-state index contributed by atoms with van der Waals surface area (Å²) >= 11 is 0. The molecule has 0 heterocycles. The molecule has 2 aromatic carbocycles. The van der Waals surface area contributed by atoms with E-state index in [1.54, 1.807) is 43.3 Å². The van der Waals surface area contributed by atoms with Crippen molar-refractivity contribution in [1.82, 2.24) is 5.32 Å². The summed E-state index contributed by atoms with van der Waals surface area (Å²) in [6.45, 7) is 1.65. The van der Waals surface area contributed by atoms with Gasteiger partial charge in [-0.3, -0.25) is 4.79 Å². The van der Waals surface area contributed by atoms with Crippen molar-refractivity contribution in [2.75, 3.05) is 13.2 Å². The Hall–Kier alpha value is -3.53. The molecule has 0 bridgehead atoms. The zero-order chi connectivity index (χ0) is 19.6. The van der Waals surface area contributed by atoms with Gasteiger partial charge in [0.05, 0.1) is 5.56 Å². The first kappa shape index (κ1) is 19.8. The van der Waals surface area contributed by atoms with Crippen LogP contribution < -0.4 is 14.8 Å². The fraction of sp³-hybridized carbons (Fsp3) is 0.250. The van der Waals surface area contributed by atoms with Gasteiger partial charge in [0.25, 0.3) is 5.91 Å². The molecule has 1 amide bonds. The highest BCUT2D eigenvalue weighted by Crippen LogP contribution is 2.18. The Morgan fingerprint density at radius 1 is 1.19 bits per heavy atom. The average Bonchev–Trinajstić information content (AvgIpc) is 2.67. The Morgan fingerprint density at radius 3 is 2.56 bits per heavy atom. The number of hydrogen-bond acceptors (Lipinski definition) is 5. The van der Waals surface area contributed by atoms with Gasteiger partial charge in [-0.2, -0.15) is 5.26 Å². The molecule has 2 rings (SSSR count). The van der Waals surface area contributed by atoms with Crippen molar-refractivity contribution in [3.63, 3.8) is 0 Å². The lowest BCUT2D eigenvalue weighted by Crippen LogP contribution is -2.37. The van der Waals surface area contributed by atoms with E-state index in [1.807, 2.05) is 18.2 Å². The molecule has 7 heteroatoms. The first-order valence-electron chi connectivity index (χ1n) is 8.36. The number of aliphatic carboxylic acids is 1. The molecular weight excluding hydrogens is 348 g/mol. The van der Waals surface area contributed by atoms with Crippen molar-refractivity contribution in [1.29, 1.82) is 5.26 Å². The maximum atomic E-state index is 12.1. The van der Waals surface area contributed by atoms with Crippen molar-refractivity contribution in [2.24, 2.45) is 0 Å². The lowest BCUT2D eigenvalue weighted by molar-refractivity contribution is -0.139. The highest BCUT2D eigenvalue weighted by atomic mass is 16.5. The molecule has 0 aliphatic carbocycles. The Morgan fingerprint density at radius 2 is 1.89 bits per heavy atom. The van der Waals surface area contributed by atoms with Crippen LogP contribution in [0.3, 0.4) is 0 Å². The summed E-state index contributed by atoms with van der Waals surface area (Å²) in [6, 6.07) is 15.8. The lowest BCUT2D eigenvalue weighted by Gasteiger charge is -2.15. The first-order chi connectivity index (χ1) is 13.0. The molecular formula is C20H20N2O5. The number of ether oxygens (including phenoxy) is 2. The number of carbonyl (C=O) groups excluding carboxylic acids is 1. The second-order valence-electron chi connectivity index (χ2n) is 5.74. The highest BCUT2D eigenvalue weighted by Gasteiger charge is 2.15. The molecule has 1 atom stereocenters. The van der Waals surface area contributed by atoms with Crippen LogP contribution in [0.5, 0.6) is 11.5 Å². The van der Waals surface area contributed by atoms with Crippen LogP contribution in [-0.2, 0) is 16.0 Å². The van der Waals surface area contributed by atoms with Gasteiger partial charge >= 0.3 is 5.97 Å². The highest BCUT2D eigenvalue weighted by molar-refractivity contribution is 5.80. The standard InChI is InChI=1S/C20H20N2O5/c1-14(27-18-5-3-2-4-16(18)12-21)20(25)22-11-10-15-6-8-17(9-7-15)26-13-19(23)24/h2-9,14H,10-11,13H2,1H3,(H,22,25)(H,23,24). The number of nitrogens with one attached hydrogen (secondary N) is 1. The summed E-state index contributed by atoms with van der Waals surface area (Å²) in [6.07, 6.45) is -0.127. The van der Waals surface area contributed by atoms with Gasteiger partial charge in [0.15, 0.2) is 12.7 Å². The van der Waals surface area contributed by atoms with E-state index in [0.29, 0.717) is 30.0 Å². The lowest BCUT2D eigenvalue weighted by atomic mass is 10.1. The number of carboxylic acids is 1. The third-order valence-corrected chi connectivity index (χ3v) is 3.68. The van der Waals surface area contributed by atoms with Crippen LogP contribution in [-0.4, -0.2) is 36.2 Å². The van der Waals surface area contributed by atoms with Crippen LogP contribution in [0, 0.1) is 11.3 Å². The first-order valence-corrected chi connectivity index (χ1v) is 8.36. The van der Waals surface area contributed by atoms with Crippen molar-refractivity contribution in [3.8, 4) is 17.6 Å². The van der Waals surface area contributed by atoms with E-state index in [2.05, 4.69) is 5.32 Å². The number of amides is 1. The van der Waals surface area contributed by atoms with Crippen molar-refractivity contribution >= 4 is 11.9 Å². The zero-order valence-electron chi connectivity index (χ0n) is 14.8. The number of carbonyl (C=O) groups is 2. The largest absolute Gasteiger partial charge is 0.482 e. The van der Waals surface area contributed by atoms with E-state index in [1.165, 1.54) is 0 Å². The van der Waals surface area contributed by atoms with Gasteiger partial charge in [-0.25, -0.2) is 4.79 Å². The van der Waals surface area contributed by atoms with Crippen molar-refractivity contribution < 1.29 is 24.2 Å². The molecule has 0 aliphatic heterocycles. The molecule has 2 N–H and O–H groups in total. The predicted molar refractivity (Wildman–Crippen MR) is 97.5 cm³/mol. The fourth-order valence-electron chi connectivity index (χ4n) is 2.28. The fourth-order valence-corrected chi connectivity index (χ4v) is 2.28. The summed E-state index contributed by atoms with van der Waals surface area (Å²) in [5.74, 6) is -0.456. The van der Waals surface area contributed by atoms with Crippen LogP contribution in [0.15, 0.2) is 48.5 Å². The molecule has 0 saturated heterocycles. The van der Waals surface area contributed by atoms with Gasteiger partial charge in [-0.05, 0) is 43.2 Å². The van der Waals surface area contributed by atoms with Gasteiger partial charge in [-0.15, -0.1) is 0 Å². The molecule has 0 saturated carbocycles. The molecule has 0 spiro atoms. The Kier molecular flexibility index (Phi) is 7.20. The number of hydrogen-bond donors (Lipinski definition) is 2. The third kappa shape index (κ3) is 6.36. The number of para-hydroxylation sites is 1.